The zero-order chi connectivity index (χ0) is 21.0. The zero-order valence-corrected chi connectivity index (χ0v) is 18.5. The van der Waals surface area contributed by atoms with E-state index in [-0.39, 0.29) is 11.2 Å². The lowest BCUT2D eigenvalue weighted by Crippen LogP contribution is -2.23. The van der Waals surface area contributed by atoms with Crippen LogP contribution in [0.5, 0.6) is 0 Å². The molecule has 5 nitrogen and oxygen atoms in total. The van der Waals surface area contributed by atoms with Crippen LogP contribution in [0.4, 0.5) is 5.69 Å². The van der Waals surface area contributed by atoms with Gasteiger partial charge in [0.05, 0.1) is 5.25 Å². The lowest BCUT2D eigenvalue weighted by Gasteiger charge is -2.17. The van der Waals surface area contributed by atoms with Crippen molar-refractivity contribution >= 4 is 23.4 Å². The van der Waals surface area contributed by atoms with Crippen molar-refractivity contribution in [2.75, 3.05) is 5.32 Å². The van der Waals surface area contributed by atoms with Gasteiger partial charge in [0.1, 0.15) is 0 Å². The molecule has 0 bridgehead atoms. The summed E-state index contributed by atoms with van der Waals surface area (Å²) in [5, 5.41) is 12.2. The lowest BCUT2D eigenvalue weighted by molar-refractivity contribution is -0.115. The number of hydrogen-bond donors (Lipinski definition) is 1. The number of amides is 1. The average Bonchev–Trinajstić information content (AvgIpc) is 3.08. The molecular weight excluding hydrogens is 380 g/mol. The van der Waals surface area contributed by atoms with E-state index in [4.69, 9.17) is 0 Å². The first kappa shape index (κ1) is 21.1. The van der Waals surface area contributed by atoms with Gasteiger partial charge in [-0.15, -0.1) is 10.2 Å². The van der Waals surface area contributed by atoms with Crippen molar-refractivity contribution in [3.8, 4) is 11.4 Å². The Morgan fingerprint density at radius 1 is 1.10 bits per heavy atom. The van der Waals surface area contributed by atoms with Gasteiger partial charge in [-0.25, -0.2) is 0 Å². The fourth-order valence-corrected chi connectivity index (χ4v) is 4.00. The summed E-state index contributed by atoms with van der Waals surface area (Å²) in [5.74, 6) is 1.16. The maximum Gasteiger partial charge on any atom is 0.237 e. The first-order valence-corrected chi connectivity index (χ1v) is 10.8. The van der Waals surface area contributed by atoms with Crippen LogP contribution in [-0.2, 0) is 11.8 Å². The van der Waals surface area contributed by atoms with E-state index in [0.29, 0.717) is 5.92 Å². The minimum absolute atomic E-state index is 0.0359. The Balaban J connectivity index is 1.74. The molecule has 0 unspecified atom stereocenters. The third kappa shape index (κ3) is 4.70. The van der Waals surface area contributed by atoms with Gasteiger partial charge in [-0.05, 0) is 43.4 Å². The highest BCUT2D eigenvalue weighted by Crippen LogP contribution is 2.30. The van der Waals surface area contributed by atoms with E-state index in [9.17, 15) is 4.79 Å². The van der Waals surface area contributed by atoms with Gasteiger partial charge in [-0.1, -0.05) is 68.1 Å². The van der Waals surface area contributed by atoms with E-state index < -0.39 is 0 Å². The summed E-state index contributed by atoms with van der Waals surface area (Å²) >= 11 is 1.42. The molecule has 3 rings (SSSR count). The molecule has 152 valence electrons. The van der Waals surface area contributed by atoms with Crippen molar-refractivity contribution in [1.29, 1.82) is 0 Å². The number of nitrogens with one attached hydrogen (secondary N) is 1. The second-order valence-electron chi connectivity index (χ2n) is 7.33. The summed E-state index contributed by atoms with van der Waals surface area (Å²) in [6.07, 6.45) is 1.03. The van der Waals surface area contributed by atoms with Crippen molar-refractivity contribution in [1.82, 2.24) is 14.8 Å². The number of para-hydroxylation sites is 1. The molecule has 0 aliphatic heterocycles. The summed E-state index contributed by atoms with van der Waals surface area (Å²) in [6.45, 7) is 8.29. The largest absolute Gasteiger partial charge is 0.325 e. The molecule has 29 heavy (non-hydrogen) atoms. The van der Waals surface area contributed by atoms with Crippen LogP contribution in [0, 0.1) is 6.92 Å². The molecule has 2 atom stereocenters. The topological polar surface area (TPSA) is 59.8 Å². The number of aromatic nitrogens is 3. The Kier molecular flexibility index (Phi) is 6.75. The Morgan fingerprint density at radius 2 is 1.79 bits per heavy atom. The molecule has 0 fully saturated rings. The van der Waals surface area contributed by atoms with E-state index in [1.54, 1.807) is 0 Å². The Morgan fingerprint density at radius 3 is 2.52 bits per heavy atom. The number of benzene rings is 2. The molecule has 1 aromatic heterocycles. The van der Waals surface area contributed by atoms with Gasteiger partial charge >= 0.3 is 0 Å². The SMILES string of the molecule is CC[C@H](C)c1ccccc1NC(=O)[C@@H](C)Sc1nnc(-c2ccccc2C)n1C. The quantitative estimate of drug-likeness (QED) is 0.530. The van der Waals surface area contributed by atoms with Crippen LogP contribution in [0.3, 0.4) is 0 Å². The Hall–Kier alpha value is -2.60. The van der Waals surface area contributed by atoms with E-state index in [0.717, 1.165) is 34.2 Å². The monoisotopic (exact) mass is 408 g/mol. The fourth-order valence-electron chi connectivity index (χ4n) is 3.18. The van der Waals surface area contributed by atoms with Gasteiger partial charge < -0.3 is 9.88 Å². The summed E-state index contributed by atoms with van der Waals surface area (Å²) < 4.78 is 1.95. The third-order valence-corrected chi connectivity index (χ3v) is 6.37. The predicted molar refractivity (Wildman–Crippen MR) is 120 cm³/mol. The number of carbonyl (C=O) groups is 1. The average molecular weight is 409 g/mol. The van der Waals surface area contributed by atoms with Crippen molar-refractivity contribution in [3.63, 3.8) is 0 Å². The van der Waals surface area contributed by atoms with Crippen molar-refractivity contribution < 1.29 is 4.79 Å². The van der Waals surface area contributed by atoms with Crippen LogP contribution in [0.2, 0.25) is 0 Å². The number of anilines is 1. The van der Waals surface area contributed by atoms with Gasteiger partial charge in [0.2, 0.25) is 5.91 Å². The summed E-state index contributed by atoms with van der Waals surface area (Å²) in [6, 6.07) is 16.1. The Bertz CT molecular complexity index is 998. The van der Waals surface area contributed by atoms with E-state index in [2.05, 4.69) is 48.4 Å². The minimum atomic E-state index is -0.299. The van der Waals surface area contributed by atoms with E-state index in [1.807, 2.05) is 54.9 Å². The number of thioether (sulfide) groups is 1. The molecule has 3 aromatic rings. The van der Waals surface area contributed by atoms with Gasteiger partial charge in [0.15, 0.2) is 11.0 Å². The Labute approximate surface area is 176 Å². The molecule has 0 spiro atoms. The number of carbonyl (C=O) groups excluding carboxylic acids is 1. The molecule has 2 aromatic carbocycles. The van der Waals surface area contributed by atoms with Crippen LogP contribution in [0.25, 0.3) is 11.4 Å². The zero-order valence-electron chi connectivity index (χ0n) is 17.6. The molecule has 0 saturated carbocycles. The molecule has 6 heteroatoms. The van der Waals surface area contributed by atoms with Crippen LogP contribution < -0.4 is 5.32 Å². The van der Waals surface area contributed by atoms with Crippen molar-refractivity contribution in [3.05, 3.63) is 59.7 Å². The number of hydrogen-bond acceptors (Lipinski definition) is 4. The van der Waals surface area contributed by atoms with Gasteiger partial charge in [-0.2, -0.15) is 0 Å². The molecule has 0 aliphatic rings. The maximum absolute atomic E-state index is 12.8. The molecule has 1 amide bonds. The number of rotatable bonds is 7. The van der Waals surface area contributed by atoms with Crippen LogP contribution in [0.1, 0.15) is 44.2 Å². The van der Waals surface area contributed by atoms with E-state index in [1.165, 1.54) is 17.3 Å². The van der Waals surface area contributed by atoms with Crippen molar-refractivity contribution in [2.24, 2.45) is 7.05 Å². The lowest BCUT2D eigenvalue weighted by atomic mass is 9.97. The summed E-state index contributed by atoms with van der Waals surface area (Å²) in [5.41, 5.74) is 4.25. The number of aryl methyl sites for hydroxylation is 1. The summed E-state index contributed by atoms with van der Waals surface area (Å²) in [4.78, 5) is 12.8. The fraction of sp³-hybridized carbons (Fsp3) is 0.348. The molecule has 0 saturated heterocycles. The highest BCUT2D eigenvalue weighted by Gasteiger charge is 2.21. The second kappa shape index (κ2) is 9.27. The first-order chi connectivity index (χ1) is 13.9. The predicted octanol–water partition coefficient (Wildman–Crippen LogP) is 5.42. The highest BCUT2D eigenvalue weighted by molar-refractivity contribution is 8.00. The first-order valence-electron chi connectivity index (χ1n) is 9.94. The highest BCUT2D eigenvalue weighted by atomic mass is 32.2. The standard InChI is InChI=1S/C23H28N4OS/c1-6-15(2)18-12-9-10-14-20(18)24-22(28)17(4)29-23-26-25-21(27(23)5)19-13-8-7-11-16(19)3/h7-15,17H,6H2,1-5H3,(H,24,28)/t15-,17+/m0/s1. The second-order valence-corrected chi connectivity index (χ2v) is 8.63. The number of nitrogens with zero attached hydrogens (tertiary/aromatic N) is 3. The molecule has 1 N–H and O–H groups in total. The summed E-state index contributed by atoms with van der Waals surface area (Å²) in [7, 11) is 1.94. The van der Waals surface area contributed by atoms with Crippen molar-refractivity contribution in [2.45, 2.75) is 50.4 Å². The van der Waals surface area contributed by atoms with Gasteiger partial charge in [0.25, 0.3) is 0 Å². The smallest absolute Gasteiger partial charge is 0.237 e. The normalized spacial score (nSPS) is 13.1. The minimum Gasteiger partial charge on any atom is -0.325 e. The van der Waals surface area contributed by atoms with Crippen LogP contribution in [-0.4, -0.2) is 25.9 Å². The van der Waals surface area contributed by atoms with Crippen LogP contribution >= 0.6 is 11.8 Å². The molecule has 0 aliphatic carbocycles. The molecule has 1 heterocycles. The third-order valence-electron chi connectivity index (χ3n) is 5.23. The van der Waals surface area contributed by atoms with Crippen LogP contribution in [0.15, 0.2) is 53.7 Å². The van der Waals surface area contributed by atoms with Gasteiger partial charge in [0, 0.05) is 18.3 Å². The molecular formula is C23H28N4OS. The van der Waals surface area contributed by atoms with E-state index >= 15 is 0 Å². The van der Waals surface area contributed by atoms with Gasteiger partial charge in [-0.3, -0.25) is 4.79 Å². The maximum atomic E-state index is 12.8. The molecule has 0 radical (unpaired) electrons.